The van der Waals surface area contributed by atoms with Crippen molar-refractivity contribution < 1.29 is 0 Å². The molecule has 0 radical (unpaired) electrons. The SMILES string of the molecule is C1=CCCC=CCCC=CCCC=CCCC=CCCC=CCCC=CCCC=CCC1. The lowest BCUT2D eigenvalue weighted by Gasteiger charge is -1.92. The first-order valence-electron chi connectivity index (χ1n) is 13.2. The van der Waals surface area contributed by atoms with Crippen molar-refractivity contribution in [3.05, 3.63) is 97.2 Å². The summed E-state index contributed by atoms with van der Waals surface area (Å²) in [7, 11) is 0. The molecule has 0 aromatic heterocycles. The second-order valence-electron chi connectivity index (χ2n) is 8.39. The van der Waals surface area contributed by atoms with Gasteiger partial charge in [-0.25, -0.2) is 0 Å². The minimum Gasteiger partial charge on any atom is -0.0882 e. The number of rotatable bonds is 0. The number of allylic oxidation sites excluding steroid dienone is 16. The molecule has 0 unspecified atom stereocenters. The van der Waals surface area contributed by atoms with E-state index >= 15 is 0 Å². The molecule has 32 heavy (non-hydrogen) atoms. The van der Waals surface area contributed by atoms with Gasteiger partial charge in [0.05, 0.1) is 0 Å². The predicted molar refractivity (Wildman–Crippen MR) is 147 cm³/mol. The maximum atomic E-state index is 2.34. The van der Waals surface area contributed by atoms with Crippen LogP contribution in [0.5, 0.6) is 0 Å². The van der Waals surface area contributed by atoms with E-state index in [0.29, 0.717) is 0 Å². The summed E-state index contributed by atoms with van der Waals surface area (Å²) in [5.74, 6) is 0. The molecule has 0 aromatic rings. The molecule has 0 saturated carbocycles. The monoisotopic (exact) mass is 432 g/mol. The van der Waals surface area contributed by atoms with Crippen molar-refractivity contribution in [2.75, 3.05) is 0 Å². The maximum Gasteiger partial charge on any atom is -0.0316 e. The van der Waals surface area contributed by atoms with Crippen LogP contribution in [0, 0.1) is 0 Å². The van der Waals surface area contributed by atoms with Gasteiger partial charge in [0.1, 0.15) is 0 Å². The van der Waals surface area contributed by atoms with E-state index in [1.54, 1.807) is 0 Å². The largest absolute Gasteiger partial charge is 0.0882 e. The summed E-state index contributed by atoms with van der Waals surface area (Å²) in [6, 6.07) is 0. The molecule has 1 aliphatic carbocycles. The van der Waals surface area contributed by atoms with Gasteiger partial charge in [0.25, 0.3) is 0 Å². The zero-order valence-corrected chi connectivity index (χ0v) is 20.6. The Labute approximate surface area is 200 Å². The van der Waals surface area contributed by atoms with Crippen molar-refractivity contribution in [2.24, 2.45) is 0 Å². The summed E-state index contributed by atoms with van der Waals surface area (Å²) >= 11 is 0. The average Bonchev–Trinajstić information content (AvgIpc) is 2.80. The van der Waals surface area contributed by atoms with Gasteiger partial charge in [0.2, 0.25) is 0 Å². The van der Waals surface area contributed by atoms with Crippen molar-refractivity contribution in [1.82, 2.24) is 0 Å². The Morgan fingerprint density at radius 3 is 0.250 bits per heavy atom. The van der Waals surface area contributed by atoms with Crippen LogP contribution in [0.4, 0.5) is 0 Å². The Balaban J connectivity index is 2.29. The molecule has 0 heteroatoms. The zero-order chi connectivity index (χ0) is 22.6. The Morgan fingerprint density at radius 2 is 0.188 bits per heavy atom. The van der Waals surface area contributed by atoms with Gasteiger partial charge < -0.3 is 0 Å². The van der Waals surface area contributed by atoms with E-state index in [-0.39, 0.29) is 0 Å². The standard InChI is InChI=1S/C32H48/c1-2-4-6-8-10-12-14-16-18-20-22-24-26-28-30-32-31-29-27-25-23-21-19-17-15-13-11-9-7-5-3-1/h1-2,7-10,15-18,23-26,31-32H,3-6,11-14,19-22,27-30H2. The molecule has 1 rings (SSSR count). The fraction of sp³-hybridized carbons (Fsp3) is 0.500. The van der Waals surface area contributed by atoms with E-state index in [9.17, 15) is 0 Å². The summed E-state index contributed by atoms with van der Waals surface area (Å²) < 4.78 is 0. The molecular formula is C32H48. The van der Waals surface area contributed by atoms with Crippen LogP contribution in [-0.4, -0.2) is 0 Å². The first-order chi connectivity index (χ1) is 16.0. The van der Waals surface area contributed by atoms with E-state index in [1.165, 1.54) is 0 Å². The van der Waals surface area contributed by atoms with Gasteiger partial charge in [-0.15, -0.1) is 0 Å². The van der Waals surface area contributed by atoms with Gasteiger partial charge in [-0.3, -0.25) is 0 Å². The predicted octanol–water partition coefficient (Wildman–Crippen LogP) is 10.7. The summed E-state index contributed by atoms with van der Waals surface area (Å²) in [4.78, 5) is 0. The third-order valence-electron chi connectivity index (χ3n) is 5.33. The third kappa shape index (κ3) is 22.6. The molecule has 0 aromatic carbocycles. The highest BCUT2D eigenvalue weighted by molar-refractivity contribution is 4.95. The minimum absolute atomic E-state index is 1.16. The highest BCUT2D eigenvalue weighted by Crippen LogP contribution is 2.04. The van der Waals surface area contributed by atoms with Gasteiger partial charge in [0, 0.05) is 0 Å². The zero-order valence-electron chi connectivity index (χ0n) is 20.6. The number of hydrogen-bond donors (Lipinski definition) is 0. The summed E-state index contributed by atoms with van der Waals surface area (Å²) in [6.45, 7) is 0. The van der Waals surface area contributed by atoms with Crippen LogP contribution in [0.1, 0.15) is 103 Å². The molecule has 0 amide bonds. The first-order valence-corrected chi connectivity index (χ1v) is 13.2. The minimum atomic E-state index is 1.16. The molecule has 0 saturated heterocycles. The van der Waals surface area contributed by atoms with Crippen molar-refractivity contribution in [1.29, 1.82) is 0 Å². The average molecular weight is 433 g/mol. The maximum absolute atomic E-state index is 2.34. The molecule has 0 heterocycles. The molecule has 0 N–H and O–H groups in total. The van der Waals surface area contributed by atoms with Crippen LogP contribution >= 0.6 is 0 Å². The quantitative estimate of drug-likeness (QED) is 0.334. The molecule has 176 valence electrons. The number of hydrogen-bond acceptors (Lipinski definition) is 0. The van der Waals surface area contributed by atoms with Gasteiger partial charge in [-0.1, -0.05) is 97.2 Å². The molecule has 1 aliphatic rings. The van der Waals surface area contributed by atoms with Crippen molar-refractivity contribution in [3.63, 3.8) is 0 Å². The Morgan fingerprint density at radius 1 is 0.125 bits per heavy atom. The first kappa shape index (κ1) is 28.0. The van der Waals surface area contributed by atoms with E-state index in [4.69, 9.17) is 0 Å². The highest BCUT2D eigenvalue weighted by Gasteiger charge is 1.84. The lowest BCUT2D eigenvalue weighted by atomic mass is 10.1. The van der Waals surface area contributed by atoms with Crippen molar-refractivity contribution >= 4 is 0 Å². The van der Waals surface area contributed by atoms with Crippen LogP contribution in [0.25, 0.3) is 0 Å². The van der Waals surface area contributed by atoms with Gasteiger partial charge in [0.15, 0.2) is 0 Å². The fourth-order valence-corrected chi connectivity index (χ4v) is 3.43. The van der Waals surface area contributed by atoms with E-state index in [0.717, 1.165) is 103 Å². The lowest BCUT2D eigenvalue weighted by molar-refractivity contribution is 0.962. The Bertz CT molecular complexity index is 402. The summed E-state index contributed by atoms with van der Waals surface area (Å²) in [5, 5.41) is 0. The summed E-state index contributed by atoms with van der Waals surface area (Å²) in [5.41, 5.74) is 0. The Hall–Kier alpha value is -2.08. The molecule has 0 fully saturated rings. The topological polar surface area (TPSA) is 0 Å². The normalized spacial score (nSPS) is 20.0. The Kier molecular flexibility index (Phi) is 22.0. The van der Waals surface area contributed by atoms with Crippen molar-refractivity contribution in [3.8, 4) is 0 Å². The smallest absolute Gasteiger partial charge is 0.0316 e. The summed E-state index contributed by atoms with van der Waals surface area (Å²) in [6.07, 6.45) is 56.0. The van der Waals surface area contributed by atoms with Crippen LogP contribution < -0.4 is 0 Å². The van der Waals surface area contributed by atoms with Crippen molar-refractivity contribution in [2.45, 2.75) is 103 Å². The van der Waals surface area contributed by atoms with Gasteiger partial charge in [-0.2, -0.15) is 0 Å². The molecule has 0 atom stereocenters. The molecular weight excluding hydrogens is 384 g/mol. The lowest BCUT2D eigenvalue weighted by Crippen LogP contribution is -1.71. The second-order valence-corrected chi connectivity index (χ2v) is 8.39. The van der Waals surface area contributed by atoms with Gasteiger partial charge in [-0.05, 0) is 103 Å². The van der Waals surface area contributed by atoms with Gasteiger partial charge >= 0.3 is 0 Å². The van der Waals surface area contributed by atoms with E-state index < -0.39 is 0 Å². The molecule has 0 bridgehead atoms. The van der Waals surface area contributed by atoms with E-state index in [2.05, 4.69) is 97.2 Å². The molecule has 0 nitrogen and oxygen atoms in total. The second kappa shape index (κ2) is 25.2. The fourth-order valence-electron chi connectivity index (χ4n) is 3.43. The molecule has 0 aliphatic heterocycles. The van der Waals surface area contributed by atoms with Crippen LogP contribution in [0.2, 0.25) is 0 Å². The van der Waals surface area contributed by atoms with E-state index in [1.807, 2.05) is 0 Å². The molecule has 0 spiro atoms. The van der Waals surface area contributed by atoms with Crippen LogP contribution in [0.15, 0.2) is 97.2 Å². The van der Waals surface area contributed by atoms with Crippen LogP contribution in [0.3, 0.4) is 0 Å². The highest BCUT2D eigenvalue weighted by atomic mass is 13.9. The third-order valence-corrected chi connectivity index (χ3v) is 5.33. The van der Waals surface area contributed by atoms with Crippen LogP contribution in [-0.2, 0) is 0 Å².